The predicted molar refractivity (Wildman–Crippen MR) is 342 cm³/mol. The van der Waals surface area contributed by atoms with Crippen molar-refractivity contribution in [3.8, 4) is 0 Å². The number of carbonyl (C=O) groups excluding carboxylic acids is 11. The molecule has 0 saturated carbocycles. The van der Waals surface area contributed by atoms with E-state index in [1.54, 1.807) is 186 Å². The number of nitrogens with zero attached hydrogens (tertiary/aromatic N) is 10. The van der Waals surface area contributed by atoms with Crippen LogP contribution in [0.25, 0.3) is 0 Å². The summed E-state index contributed by atoms with van der Waals surface area (Å²) in [6, 6.07) is 10.3. The van der Waals surface area contributed by atoms with E-state index >= 15 is 0 Å². The summed E-state index contributed by atoms with van der Waals surface area (Å²) >= 11 is 0. The fourth-order valence-electron chi connectivity index (χ4n) is 10.6. The Hall–Kier alpha value is -9.57. The van der Waals surface area contributed by atoms with Crippen molar-refractivity contribution in [3.63, 3.8) is 0 Å². The van der Waals surface area contributed by atoms with Crippen LogP contribution in [0.3, 0.4) is 0 Å². The molecular formula is C67H81N13O11W. The molecule has 8 aromatic heterocycles. The summed E-state index contributed by atoms with van der Waals surface area (Å²) in [5, 5.41) is 8.58. The summed E-state index contributed by atoms with van der Waals surface area (Å²) in [4.78, 5) is 146. The molecule has 0 bridgehead atoms. The maximum Gasteiger partial charge on any atom is 2.00 e. The summed E-state index contributed by atoms with van der Waals surface area (Å²) in [5.74, 6) is -1.33. The normalized spacial score (nSPS) is 10.8. The molecule has 3 N–H and O–H groups in total. The summed E-state index contributed by atoms with van der Waals surface area (Å²) in [7, 11) is 13.9. The van der Waals surface area contributed by atoms with Crippen LogP contribution in [0.5, 0.6) is 0 Å². The molecular weight excluding hydrogens is 1350 g/mol. The van der Waals surface area contributed by atoms with Gasteiger partial charge >= 0.3 is 21.1 Å². The van der Waals surface area contributed by atoms with E-state index < -0.39 is 11.8 Å². The predicted octanol–water partition coefficient (Wildman–Crippen LogP) is 6.25. The van der Waals surface area contributed by atoms with Gasteiger partial charge in [-0.1, -0.05) is 13.1 Å². The Morgan fingerprint density at radius 3 is 1.16 bits per heavy atom. The topological polar surface area (TPSA) is 289 Å². The van der Waals surface area contributed by atoms with E-state index in [0.717, 1.165) is 22.4 Å². The monoisotopic (exact) mass is 1430 g/mol. The number of nitrogens with one attached hydrogen (secondary N) is 3. The summed E-state index contributed by atoms with van der Waals surface area (Å²) < 4.78 is 13.3. The van der Waals surface area contributed by atoms with Crippen molar-refractivity contribution in [3.05, 3.63) is 185 Å². The number of Topliss-reactive ketones (excluding diaryl/α,β-unsaturated/α-hetero) is 9. The molecule has 92 heavy (non-hydrogen) atoms. The first kappa shape index (κ1) is 73.2. The molecule has 8 aromatic rings. The number of rotatable bonds is 31. The number of imidazole rings is 2. The molecule has 0 fully saturated rings. The van der Waals surface area contributed by atoms with Gasteiger partial charge < -0.3 is 59.9 Å². The van der Waals surface area contributed by atoms with Crippen LogP contribution in [0.2, 0.25) is 0 Å². The van der Waals surface area contributed by atoms with Gasteiger partial charge in [-0.25, -0.2) is 9.97 Å². The van der Waals surface area contributed by atoms with Gasteiger partial charge in [0.05, 0.1) is 58.4 Å². The first-order valence-corrected chi connectivity index (χ1v) is 29.4. The summed E-state index contributed by atoms with van der Waals surface area (Å²) in [6.45, 7) is 9.35. The standard InChI is InChI=1S/C34H41N7O6.C32H37N6O5.CH3.W/c1-21(42)7-9-35-25-15-30(40(5)19-25)32(46)16-26-20-41(6)33(37-26)34(47)36-10-8-27(44)11-23-13-29(39(4)17-23)31(45)14-24-12-28(22(2)43)38(3)18-24;1-7-28(40)26-13-22(18-36(26)4)14-29(41)27-12-21(17-37(27)5)11-24(39)8-9-33-32(43)31-34-23(19-38(31)6)15-30(42)25-10-20(2)16-35(25)3;;/h12-13,15,17-20,35H,7-11,14,16H2,1-6H3,(H,36,47);10,12-13,16-19H,2,7-9,11,14-15H2,1,3-6H3,(H,33,43);1H3;/q;2*-1;+2. The van der Waals surface area contributed by atoms with E-state index in [4.69, 9.17) is 0 Å². The molecule has 0 aliphatic heterocycles. The Morgan fingerprint density at radius 2 is 0.772 bits per heavy atom. The molecule has 0 aromatic carbocycles. The van der Waals surface area contributed by atoms with E-state index in [-0.39, 0.29) is 157 Å². The average molecular weight is 1430 g/mol. The van der Waals surface area contributed by atoms with Gasteiger partial charge in [0.2, 0.25) is 0 Å². The molecule has 0 saturated heterocycles. The smallest absolute Gasteiger partial charge is 0.411 e. The van der Waals surface area contributed by atoms with Crippen LogP contribution in [0.15, 0.2) is 86.0 Å². The molecule has 8 rings (SSSR count). The van der Waals surface area contributed by atoms with Gasteiger partial charge in [0.25, 0.3) is 11.8 Å². The molecule has 25 heteroatoms. The van der Waals surface area contributed by atoms with Crippen molar-refractivity contribution in [2.24, 2.45) is 56.4 Å². The van der Waals surface area contributed by atoms with E-state index in [1.807, 2.05) is 0 Å². The van der Waals surface area contributed by atoms with Crippen molar-refractivity contribution in [1.82, 2.24) is 57.1 Å². The molecule has 0 radical (unpaired) electrons. The van der Waals surface area contributed by atoms with Crippen molar-refractivity contribution < 1.29 is 73.8 Å². The number of carbonyl (C=O) groups is 11. The molecule has 24 nitrogen and oxygen atoms in total. The van der Waals surface area contributed by atoms with Crippen molar-refractivity contribution in [1.29, 1.82) is 0 Å². The van der Waals surface area contributed by atoms with Gasteiger partial charge in [-0.2, -0.15) is 12.5 Å². The number of aryl methyl sites for hydroxylation is 8. The molecule has 8 heterocycles. The Bertz CT molecular complexity index is 4090. The maximum absolute atomic E-state index is 13.0. The average Bonchev–Trinajstić information content (AvgIpc) is 1.80. The second-order valence-corrected chi connectivity index (χ2v) is 22.8. The van der Waals surface area contributed by atoms with Crippen molar-refractivity contribution in [2.75, 3.05) is 25.0 Å². The van der Waals surface area contributed by atoms with Crippen LogP contribution in [-0.4, -0.2) is 130 Å². The molecule has 0 aliphatic carbocycles. The minimum Gasteiger partial charge on any atom is -0.411 e. The first-order valence-electron chi connectivity index (χ1n) is 29.4. The number of hydrogen-bond donors (Lipinski definition) is 3. The minimum atomic E-state index is -0.462. The SMILES string of the molecule is CC(=O)CCNc1cc(C(=O)Cc2cn(C)c(C(=O)NCCC(=O)Cc3cc(C(=O)Cc4cc(C(C)=O)n(C)c4)n(C)c3)n2)n(C)c1.[CH2-]c1cc(C(=O)Cc2cn(C)c(C(=O)NCCC(=O)Cc3cc(C(=O)Cc4cc(C(=O)CC)n(C)c4)n(C)c3)n2)n(C)c1.[CH3-].[W+2]. The van der Waals surface area contributed by atoms with Crippen LogP contribution in [0.4, 0.5) is 5.69 Å². The largest absolute Gasteiger partial charge is 2.00 e. The number of aromatic nitrogens is 10. The van der Waals surface area contributed by atoms with E-state index in [1.165, 1.54) is 13.8 Å². The van der Waals surface area contributed by atoms with E-state index in [2.05, 4.69) is 32.8 Å². The first-order chi connectivity index (χ1) is 42.6. The number of hydrogen-bond acceptors (Lipinski definition) is 14. The number of amides is 2. The third-order valence-electron chi connectivity index (χ3n) is 15.1. The van der Waals surface area contributed by atoms with Gasteiger partial charge in [-0.15, -0.1) is 6.07 Å². The molecule has 0 spiro atoms. The quantitative estimate of drug-likeness (QED) is 0.0320. The Kier molecular flexibility index (Phi) is 25.8. The molecule has 486 valence electrons. The van der Waals surface area contributed by atoms with Crippen molar-refractivity contribution in [2.45, 2.75) is 85.0 Å². The Morgan fingerprint density at radius 1 is 0.413 bits per heavy atom. The van der Waals surface area contributed by atoms with Crippen LogP contribution in [-0.2, 0) is 130 Å². The number of anilines is 1. The maximum atomic E-state index is 13.0. The Labute approximate surface area is 549 Å². The molecule has 2 amide bonds. The summed E-state index contributed by atoms with van der Waals surface area (Å²) in [5.41, 5.74) is 8.33. The third kappa shape index (κ3) is 19.2. The minimum absolute atomic E-state index is 0. The zero-order valence-electron chi connectivity index (χ0n) is 54.4. The Balaban J connectivity index is 0.000000328. The van der Waals surface area contributed by atoms with Crippen molar-refractivity contribution >= 4 is 69.6 Å². The molecule has 0 aliphatic rings. The zero-order chi connectivity index (χ0) is 65.8. The summed E-state index contributed by atoms with van der Waals surface area (Å²) in [6.07, 6.45) is 15.4. The van der Waals surface area contributed by atoms with Gasteiger partial charge in [0.1, 0.15) is 17.3 Å². The van der Waals surface area contributed by atoms with Crippen LogP contribution in [0, 0.1) is 14.4 Å². The van der Waals surface area contributed by atoms with Gasteiger partial charge in [-0.05, 0) is 66.6 Å². The molecule has 0 unspecified atom stereocenters. The van der Waals surface area contributed by atoms with Gasteiger partial charge in [0.15, 0.2) is 46.3 Å². The van der Waals surface area contributed by atoms with Crippen LogP contribution >= 0.6 is 0 Å². The van der Waals surface area contributed by atoms with Crippen LogP contribution in [0.1, 0.15) is 170 Å². The fourth-order valence-corrected chi connectivity index (χ4v) is 10.6. The number of ketones is 9. The molecule has 0 atom stereocenters. The van der Waals surface area contributed by atoms with E-state index in [0.29, 0.717) is 76.1 Å². The van der Waals surface area contributed by atoms with Gasteiger partial charge in [0, 0.05) is 176 Å². The van der Waals surface area contributed by atoms with Gasteiger partial charge in [-0.3, -0.25) is 52.7 Å². The third-order valence-corrected chi connectivity index (χ3v) is 15.1. The van der Waals surface area contributed by atoms with E-state index in [9.17, 15) is 52.7 Å². The second kappa shape index (κ2) is 32.4. The van der Waals surface area contributed by atoms with Crippen LogP contribution < -0.4 is 16.0 Å². The fraction of sp³-hybridized carbons (Fsp3) is 0.358. The zero-order valence-corrected chi connectivity index (χ0v) is 57.3. The second-order valence-electron chi connectivity index (χ2n) is 22.8.